The number of hydrogen-bond acceptors (Lipinski definition) is 6. The van der Waals surface area contributed by atoms with Gasteiger partial charge in [0.2, 0.25) is 5.79 Å². The van der Waals surface area contributed by atoms with Crippen molar-refractivity contribution in [2.45, 2.75) is 76.7 Å². The van der Waals surface area contributed by atoms with Gasteiger partial charge in [-0.15, -0.1) is 0 Å². The quantitative estimate of drug-likeness (QED) is 0.396. The van der Waals surface area contributed by atoms with E-state index in [0.717, 1.165) is 47.1 Å². The molecule has 8 atom stereocenters. The molecule has 5 fully saturated rings. The van der Waals surface area contributed by atoms with Gasteiger partial charge in [0.15, 0.2) is 11.9 Å². The van der Waals surface area contributed by atoms with Crippen molar-refractivity contribution in [2.24, 2.45) is 23.7 Å². The van der Waals surface area contributed by atoms with E-state index in [1.165, 1.54) is 6.42 Å². The Kier molecular flexibility index (Phi) is 5.96. The van der Waals surface area contributed by atoms with Crippen molar-refractivity contribution in [3.8, 4) is 23.3 Å². The SMILES string of the molecule is COc1ccc2cc(C#CC[C@H]3O[C@@H]4OC5(C)CCC6[C@H](C)CCC([C@H]3C)[C@]64OO5)c(OC)cc2c1. The van der Waals surface area contributed by atoms with Gasteiger partial charge in [-0.3, -0.25) is 0 Å². The third kappa shape index (κ3) is 3.71. The highest BCUT2D eigenvalue weighted by molar-refractivity contribution is 5.87. The Labute approximate surface area is 213 Å². The molecule has 5 aliphatic rings. The van der Waals surface area contributed by atoms with E-state index < -0.39 is 17.7 Å². The van der Waals surface area contributed by atoms with E-state index in [9.17, 15) is 0 Å². The molecule has 192 valence electrons. The number of hydrogen-bond donors (Lipinski definition) is 0. The van der Waals surface area contributed by atoms with Gasteiger partial charge in [0.05, 0.1) is 25.9 Å². The minimum atomic E-state index is -0.754. The van der Waals surface area contributed by atoms with E-state index in [1.54, 1.807) is 14.2 Å². The lowest BCUT2D eigenvalue weighted by Crippen LogP contribution is -2.70. The largest absolute Gasteiger partial charge is 0.497 e. The minimum absolute atomic E-state index is 0.0329. The van der Waals surface area contributed by atoms with Crippen molar-refractivity contribution in [1.82, 2.24) is 0 Å². The molecule has 1 spiro atoms. The molecule has 6 nitrogen and oxygen atoms in total. The first-order valence-corrected chi connectivity index (χ1v) is 13.2. The van der Waals surface area contributed by atoms with Crippen molar-refractivity contribution in [3.63, 3.8) is 0 Å². The fourth-order valence-electron chi connectivity index (χ4n) is 7.11. The van der Waals surface area contributed by atoms with Crippen molar-refractivity contribution >= 4 is 10.8 Å². The molecule has 2 aromatic carbocycles. The maximum absolute atomic E-state index is 6.67. The summed E-state index contributed by atoms with van der Waals surface area (Å²) in [6.07, 6.45) is 4.32. The molecule has 0 amide bonds. The van der Waals surface area contributed by atoms with Gasteiger partial charge in [0.1, 0.15) is 11.5 Å². The van der Waals surface area contributed by atoms with Gasteiger partial charge in [-0.2, -0.15) is 0 Å². The molecule has 6 heteroatoms. The fraction of sp³-hybridized carbons (Fsp3) is 0.600. The molecular weight excluding hydrogens is 456 g/mol. The Morgan fingerprint density at radius 2 is 1.83 bits per heavy atom. The van der Waals surface area contributed by atoms with Gasteiger partial charge in [-0.1, -0.05) is 31.8 Å². The highest BCUT2D eigenvalue weighted by Gasteiger charge is 2.69. The molecule has 4 aliphatic heterocycles. The normalized spacial score (nSPS) is 39.0. The van der Waals surface area contributed by atoms with Gasteiger partial charge in [-0.25, -0.2) is 9.78 Å². The summed E-state index contributed by atoms with van der Waals surface area (Å²) in [5.74, 6) is 9.12. The Morgan fingerprint density at radius 1 is 0.972 bits per heavy atom. The Hall–Kier alpha value is -2.30. The first kappa shape index (κ1) is 24.1. The van der Waals surface area contributed by atoms with Crippen LogP contribution in [0.4, 0.5) is 0 Å². The van der Waals surface area contributed by atoms with Crippen LogP contribution in [-0.2, 0) is 19.2 Å². The molecule has 7 rings (SSSR count). The molecule has 2 aromatic rings. The van der Waals surface area contributed by atoms with E-state index >= 15 is 0 Å². The van der Waals surface area contributed by atoms with Gasteiger partial charge >= 0.3 is 0 Å². The predicted octanol–water partition coefficient (Wildman–Crippen LogP) is 5.85. The first-order chi connectivity index (χ1) is 17.4. The predicted molar refractivity (Wildman–Crippen MR) is 135 cm³/mol. The summed E-state index contributed by atoms with van der Waals surface area (Å²) in [5.41, 5.74) is 0.343. The molecule has 0 aromatic heterocycles. The number of benzene rings is 2. The third-order valence-electron chi connectivity index (χ3n) is 9.19. The summed E-state index contributed by atoms with van der Waals surface area (Å²) in [6, 6.07) is 10.1. The topological polar surface area (TPSA) is 55.4 Å². The van der Waals surface area contributed by atoms with Crippen LogP contribution in [0.1, 0.15) is 58.4 Å². The van der Waals surface area contributed by atoms with Crippen LogP contribution < -0.4 is 9.47 Å². The van der Waals surface area contributed by atoms with Crippen molar-refractivity contribution < 1.29 is 28.7 Å². The summed E-state index contributed by atoms with van der Waals surface area (Å²) in [7, 11) is 3.35. The zero-order chi connectivity index (χ0) is 25.1. The lowest BCUT2D eigenvalue weighted by molar-refractivity contribution is -0.570. The average Bonchev–Trinajstić information content (AvgIpc) is 3.11. The maximum atomic E-state index is 6.67. The number of fused-ring (bicyclic) bond motifs is 3. The summed E-state index contributed by atoms with van der Waals surface area (Å²) < 4.78 is 24.2. The number of rotatable bonds is 3. The zero-order valence-corrected chi connectivity index (χ0v) is 21.8. The van der Waals surface area contributed by atoms with Crippen LogP contribution in [0.15, 0.2) is 30.3 Å². The smallest absolute Gasteiger partial charge is 0.201 e. The molecule has 2 bridgehead atoms. The standard InChI is InChI=1S/C30H36O6/c1-18-9-12-25-19(2)26(33-28-30(25)24(18)13-14-29(3,34-28)35-36-30)8-6-7-21-15-20-10-11-23(31-4)16-22(20)17-27(21)32-5/h10-11,15-19,24-26,28H,8-9,12-14H2,1-5H3/t18-,19-,24?,25?,26-,28-,29?,30-/m1/s1. The van der Waals surface area contributed by atoms with Crippen LogP contribution in [-0.4, -0.2) is 38.0 Å². The maximum Gasteiger partial charge on any atom is 0.201 e. The fourth-order valence-corrected chi connectivity index (χ4v) is 7.11. The third-order valence-corrected chi connectivity index (χ3v) is 9.19. The van der Waals surface area contributed by atoms with E-state index in [0.29, 0.717) is 24.2 Å². The zero-order valence-electron chi connectivity index (χ0n) is 21.8. The van der Waals surface area contributed by atoms with Gasteiger partial charge in [0.25, 0.3) is 0 Å². The van der Waals surface area contributed by atoms with E-state index in [1.807, 2.05) is 31.2 Å². The summed E-state index contributed by atoms with van der Waals surface area (Å²) in [5, 5.41) is 2.16. The van der Waals surface area contributed by atoms with Crippen LogP contribution in [0.25, 0.3) is 10.8 Å². The summed E-state index contributed by atoms with van der Waals surface area (Å²) >= 11 is 0. The Bertz CT molecular complexity index is 1220. The second kappa shape index (κ2) is 8.92. The first-order valence-electron chi connectivity index (χ1n) is 13.2. The second-order valence-electron chi connectivity index (χ2n) is 11.2. The number of methoxy groups -OCH3 is 2. The van der Waals surface area contributed by atoms with Crippen LogP contribution in [0.5, 0.6) is 11.5 Å². The second-order valence-corrected chi connectivity index (χ2v) is 11.2. The van der Waals surface area contributed by atoms with Crippen LogP contribution in [0.3, 0.4) is 0 Å². The van der Waals surface area contributed by atoms with Gasteiger partial charge in [-0.05, 0) is 79.0 Å². The van der Waals surface area contributed by atoms with Crippen molar-refractivity contribution in [3.05, 3.63) is 35.9 Å². The highest BCUT2D eigenvalue weighted by Crippen LogP contribution is 2.60. The monoisotopic (exact) mass is 492 g/mol. The van der Waals surface area contributed by atoms with Crippen LogP contribution >= 0.6 is 0 Å². The van der Waals surface area contributed by atoms with E-state index in [-0.39, 0.29) is 12.0 Å². The van der Waals surface area contributed by atoms with Gasteiger partial charge in [0, 0.05) is 18.8 Å². The molecule has 1 aliphatic carbocycles. The molecule has 0 N–H and O–H groups in total. The summed E-state index contributed by atoms with van der Waals surface area (Å²) in [6.45, 7) is 6.59. The molecular formula is C30H36O6. The Morgan fingerprint density at radius 3 is 2.64 bits per heavy atom. The molecule has 4 saturated heterocycles. The minimum Gasteiger partial charge on any atom is -0.497 e. The molecule has 1 saturated carbocycles. The molecule has 4 heterocycles. The lowest BCUT2D eigenvalue weighted by atomic mass is 9.57. The Balaban J connectivity index is 1.27. The summed E-state index contributed by atoms with van der Waals surface area (Å²) in [4.78, 5) is 12.2. The van der Waals surface area contributed by atoms with Crippen LogP contribution in [0, 0.1) is 35.5 Å². The van der Waals surface area contributed by atoms with Crippen molar-refractivity contribution in [1.29, 1.82) is 0 Å². The molecule has 0 radical (unpaired) electrons. The lowest BCUT2D eigenvalue weighted by Gasteiger charge is -2.60. The van der Waals surface area contributed by atoms with Crippen LogP contribution in [0.2, 0.25) is 0 Å². The molecule has 36 heavy (non-hydrogen) atoms. The van der Waals surface area contributed by atoms with E-state index in [4.69, 9.17) is 28.7 Å². The van der Waals surface area contributed by atoms with Gasteiger partial charge < -0.3 is 18.9 Å². The molecule has 3 unspecified atom stereocenters. The van der Waals surface area contributed by atoms with Crippen molar-refractivity contribution in [2.75, 3.05) is 14.2 Å². The highest BCUT2D eigenvalue weighted by atomic mass is 17.3. The average molecular weight is 493 g/mol. The number of ether oxygens (including phenoxy) is 4. The van der Waals surface area contributed by atoms with E-state index in [2.05, 4.69) is 31.8 Å².